The molecule has 1 aliphatic carbocycles. The number of fused-ring (bicyclic) bond motifs is 1. The molecule has 4 rings (SSSR count). The van der Waals surface area contributed by atoms with Gasteiger partial charge in [-0.25, -0.2) is 4.21 Å². The molecule has 3 atom stereocenters. The monoisotopic (exact) mass is 474 g/mol. The van der Waals surface area contributed by atoms with Gasteiger partial charge in [-0.05, 0) is 42.4 Å². The normalized spacial score (nSPS) is 18.6. The number of Topliss-reactive ketones (excluding diaryl/α,β-unsaturated/α-hetero) is 1. The van der Waals surface area contributed by atoms with Gasteiger partial charge in [0.05, 0.1) is 22.8 Å². The highest BCUT2D eigenvalue weighted by Crippen LogP contribution is 2.42. The van der Waals surface area contributed by atoms with Crippen molar-refractivity contribution in [3.05, 3.63) is 77.2 Å². The number of allylic oxidation sites excluding steroid dienone is 1. The van der Waals surface area contributed by atoms with Crippen LogP contribution in [0.3, 0.4) is 0 Å². The molecule has 1 fully saturated rings. The van der Waals surface area contributed by atoms with Gasteiger partial charge in [-0.15, -0.1) is 0 Å². The van der Waals surface area contributed by atoms with E-state index in [1.54, 1.807) is 7.11 Å². The molecular weight excluding hydrogens is 440 g/mol. The van der Waals surface area contributed by atoms with Gasteiger partial charge in [0, 0.05) is 28.5 Å². The van der Waals surface area contributed by atoms with Crippen molar-refractivity contribution in [3.63, 3.8) is 0 Å². The Kier molecular flexibility index (Phi) is 8.34. The Morgan fingerprint density at radius 2 is 1.82 bits per heavy atom. The number of methoxy groups -OCH3 is 1. The van der Waals surface area contributed by atoms with Gasteiger partial charge in [-0.3, -0.25) is 4.79 Å². The van der Waals surface area contributed by atoms with Gasteiger partial charge >= 0.3 is 0 Å². The maximum absolute atomic E-state index is 14.5. The molecule has 1 aliphatic rings. The molecule has 0 amide bonds. The van der Waals surface area contributed by atoms with Crippen LogP contribution in [0.25, 0.3) is 16.8 Å². The van der Waals surface area contributed by atoms with E-state index in [2.05, 4.69) is 13.0 Å². The number of carbonyl (C=O) groups excluding carboxylic acids is 1. The lowest BCUT2D eigenvalue weighted by atomic mass is 9.76. The lowest BCUT2D eigenvalue weighted by Gasteiger charge is -2.31. The summed E-state index contributed by atoms with van der Waals surface area (Å²) in [5, 5.41) is 1.97. The van der Waals surface area contributed by atoms with Crippen molar-refractivity contribution in [2.24, 2.45) is 11.8 Å². The second-order valence-electron chi connectivity index (χ2n) is 9.11. The number of ether oxygens (including phenoxy) is 1. The largest absolute Gasteiger partial charge is 0.495 e. The molecule has 34 heavy (non-hydrogen) atoms. The quantitative estimate of drug-likeness (QED) is 0.321. The van der Waals surface area contributed by atoms with Crippen molar-refractivity contribution in [1.29, 1.82) is 0 Å². The van der Waals surface area contributed by atoms with Gasteiger partial charge in [0.25, 0.3) is 0 Å². The summed E-state index contributed by atoms with van der Waals surface area (Å²) in [5.41, 5.74) is 1.01. The standard InChI is InChI=1S/C30H34O3S/c1-3-4-15-26(25-17-10-11-18-27(25)31)29(21-22-12-6-5-7-13-22)34(32)30-24-16-9-8-14-23(24)19-20-28(30)33-2/h5-9,12-14,16,19-21,25-26H,3-4,10-11,15,17-18H2,1-2H3/b29-21-/t25-,26+,34?/m0/s1. The molecule has 0 bridgehead atoms. The van der Waals surface area contributed by atoms with Crippen LogP contribution in [0.2, 0.25) is 0 Å². The van der Waals surface area contributed by atoms with Crippen molar-refractivity contribution in [2.75, 3.05) is 7.11 Å². The van der Waals surface area contributed by atoms with Gasteiger partial charge in [-0.2, -0.15) is 0 Å². The fraction of sp³-hybridized carbons (Fsp3) is 0.367. The lowest BCUT2D eigenvalue weighted by Crippen LogP contribution is -2.29. The second kappa shape index (κ2) is 11.6. The summed E-state index contributed by atoms with van der Waals surface area (Å²) in [5.74, 6) is 0.839. The maximum Gasteiger partial charge on any atom is 0.136 e. The van der Waals surface area contributed by atoms with Gasteiger partial charge in [-0.1, -0.05) is 86.8 Å². The van der Waals surface area contributed by atoms with Crippen molar-refractivity contribution in [2.45, 2.75) is 56.8 Å². The molecule has 3 aromatic rings. The minimum Gasteiger partial charge on any atom is -0.495 e. The molecule has 1 saturated carbocycles. The van der Waals surface area contributed by atoms with Crippen molar-refractivity contribution >= 4 is 33.4 Å². The number of hydrogen-bond acceptors (Lipinski definition) is 3. The molecule has 4 heteroatoms. The Bertz CT molecular complexity index is 1180. The van der Waals surface area contributed by atoms with Crippen LogP contribution >= 0.6 is 0 Å². The molecule has 0 saturated heterocycles. The minimum atomic E-state index is -1.47. The third kappa shape index (κ3) is 5.33. The van der Waals surface area contributed by atoms with E-state index in [9.17, 15) is 9.00 Å². The Morgan fingerprint density at radius 1 is 1.06 bits per heavy atom. The van der Waals surface area contributed by atoms with Crippen LogP contribution in [-0.2, 0) is 15.6 Å². The zero-order valence-electron chi connectivity index (χ0n) is 20.2. The van der Waals surface area contributed by atoms with Crippen LogP contribution in [0.5, 0.6) is 5.75 Å². The van der Waals surface area contributed by atoms with Gasteiger partial charge < -0.3 is 4.74 Å². The number of benzene rings is 3. The van der Waals surface area contributed by atoms with Crippen LogP contribution in [0, 0.1) is 11.8 Å². The predicted octanol–water partition coefficient (Wildman–Crippen LogP) is 7.56. The zero-order chi connectivity index (χ0) is 23.9. The highest BCUT2D eigenvalue weighted by atomic mass is 32.2. The van der Waals surface area contributed by atoms with Crippen LogP contribution < -0.4 is 4.74 Å². The summed E-state index contributed by atoms with van der Waals surface area (Å²) in [4.78, 5) is 14.6. The second-order valence-corrected chi connectivity index (χ2v) is 10.5. The zero-order valence-corrected chi connectivity index (χ0v) is 21.0. The van der Waals surface area contributed by atoms with E-state index in [0.717, 1.165) is 59.8 Å². The van der Waals surface area contributed by atoms with Crippen molar-refractivity contribution in [1.82, 2.24) is 0 Å². The average molecular weight is 475 g/mol. The Labute approximate surface area is 205 Å². The first kappa shape index (κ1) is 24.4. The first-order valence-corrected chi connectivity index (χ1v) is 13.6. The molecule has 0 N–H and O–H groups in total. The van der Waals surface area contributed by atoms with E-state index < -0.39 is 10.8 Å². The van der Waals surface area contributed by atoms with Gasteiger partial charge in [0.15, 0.2) is 0 Å². The highest BCUT2D eigenvalue weighted by Gasteiger charge is 2.35. The smallest absolute Gasteiger partial charge is 0.136 e. The number of unbranched alkanes of at least 4 members (excludes halogenated alkanes) is 1. The number of carbonyl (C=O) groups is 1. The Hall–Kier alpha value is -2.72. The van der Waals surface area contributed by atoms with Crippen LogP contribution in [-0.4, -0.2) is 17.1 Å². The molecule has 0 radical (unpaired) electrons. The molecule has 0 heterocycles. The van der Waals surface area contributed by atoms with E-state index in [4.69, 9.17) is 4.74 Å². The molecule has 178 valence electrons. The fourth-order valence-corrected chi connectivity index (χ4v) is 6.86. The van der Waals surface area contributed by atoms with Crippen LogP contribution in [0.1, 0.15) is 57.4 Å². The average Bonchev–Trinajstić information content (AvgIpc) is 2.88. The summed E-state index contributed by atoms with van der Waals surface area (Å²) in [6, 6.07) is 22.0. The van der Waals surface area contributed by atoms with Gasteiger partial charge in [0.1, 0.15) is 11.5 Å². The van der Waals surface area contributed by atoms with Crippen molar-refractivity contribution < 1.29 is 13.7 Å². The molecular formula is C30H34O3S. The summed E-state index contributed by atoms with van der Waals surface area (Å²) < 4.78 is 20.3. The van der Waals surface area contributed by atoms with Gasteiger partial charge in [0.2, 0.25) is 0 Å². The van der Waals surface area contributed by atoms with E-state index in [0.29, 0.717) is 22.8 Å². The topological polar surface area (TPSA) is 43.4 Å². The first-order chi connectivity index (χ1) is 16.6. The summed E-state index contributed by atoms with van der Waals surface area (Å²) in [6.45, 7) is 2.17. The molecule has 3 aromatic carbocycles. The van der Waals surface area contributed by atoms with E-state index in [-0.39, 0.29) is 11.8 Å². The SMILES string of the molecule is CCCC[C@@H](/C(=C/c1ccccc1)S(=O)c1c(OC)ccc2ccccc12)[C@@H]1CCCCC1=O. The maximum atomic E-state index is 14.5. The molecule has 1 unspecified atom stereocenters. The van der Waals surface area contributed by atoms with E-state index in [1.165, 1.54) is 0 Å². The Morgan fingerprint density at radius 3 is 2.56 bits per heavy atom. The summed E-state index contributed by atoms with van der Waals surface area (Å²) in [7, 11) is 0.156. The summed E-state index contributed by atoms with van der Waals surface area (Å²) in [6.07, 6.45) is 8.52. The number of hydrogen-bond donors (Lipinski definition) is 0. The fourth-order valence-electron chi connectivity index (χ4n) is 5.11. The predicted molar refractivity (Wildman–Crippen MR) is 141 cm³/mol. The first-order valence-electron chi connectivity index (χ1n) is 12.4. The molecule has 0 spiro atoms. The minimum absolute atomic E-state index is 0.0440. The van der Waals surface area contributed by atoms with Crippen molar-refractivity contribution in [3.8, 4) is 5.75 Å². The Balaban J connectivity index is 1.90. The third-order valence-electron chi connectivity index (χ3n) is 6.89. The summed E-state index contributed by atoms with van der Waals surface area (Å²) >= 11 is 0. The third-order valence-corrected chi connectivity index (χ3v) is 8.53. The highest BCUT2D eigenvalue weighted by molar-refractivity contribution is 7.89. The molecule has 0 aromatic heterocycles. The molecule has 3 nitrogen and oxygen atoms in total. The number of ketones is 1. The van der Waals surface area contributed by atoms with Crippen LogP contribution in [0.4, 0.5) is 0 Å². The van der Waals surface area contributed by atoms with E-state index in [1.807, 2.05) is 66.7 Å². The number of rotatable bonds is 9. The molecule has 0 aliphatic heterocycles. The van der Waals surface area contributed by atoms with Crippen LogP contribution in [0.15, 0.2) is 76.5 Å². The lowest BCUT2D eigenvalue weighted by molar-refractivity contribution is -0.125. The van der Waals surface area contributed by atoms with E-state index >= 15 is 0 Å².